The number of nitrogens with zero attached hydrogens (tertiary/aromatic N) is 3. The number of aromatic amines is 1. The zero-order valence-electron chi connectivity index (χ0n) is 14.5. The normalized spacial score (nSPS) is 18.9. The molecule has 2 heterocycles. The molecule has 0 atom stereocenters. The number of rotatable bonds is 5. The number of carbonyl (C=O) groups excluding carboxylic acids is 2. The van der Waals surface area contributed by atoms with Crippen LogP contribution in [0.4, 0.5) is 0 Å². The van der Waals surface area contributed by atoms with E-state index < -0.39 is 0 Å². The minimum Gasteiger partial charge on any atom is -0.355 e. The molecule has 1 aromatic rings. The van der Waals surface area contributed by atoms with E-state index in [2.05, 4.69) is 15.2 Å². The topological polar surface area (TPSA) is 92.2 Å². The summed E-state index contributed by atoms with van der Waals surface area (Å²) in [7, 11) is 0. The average Bonchev–Trinajstić information content (AvgIpc) is 3.33. The predicted molar refractivity (Wildman–Crippen MR) is 92.8 cm³/mol. The highest BCUT2D eigenvalue weighted by atomic mass is 16.2. The lowest BCUT2D eigenvalue weighted by atomic mass is 10.1. The summed E-state index contributed by atoms with van der Waals surface area (Å²) in [6.45, 7) is 4.45. The van der Waals surface area contributed by atoms with Gasteiger partial charge < -0.3 is 15.2 Å². The minimum absolute atomic E-state index is 0.0352. The molecule has 7 nitrogen and oxygen atoms in total. The van der Waals surface area contributed by atoms with Crippen LogP contribution in [0.3, 0.4) is 0 Å². The van der Waals surface area contributed by atoms with E-state index in [1.54, 1.807) is 12.3 Å². The van der Waals surface area contributed by atoms with Gasteiger partial charge in [-0.25, -0.2) is 0 Å². The van der Waals surface area contributed by atoms with E-state index in [1.807, 2.05) is 11.0 Å². The van der Waals surface area contributed by atoms with Gasteiger partial charge in [0, 0.05) is 51.4 Å². The van der Waals surface area contributed by atoms with Crippen molar-refractivity contribution < 1.29 is 9.59 Å². The van der Waals surface area contributed by atoms with E-state index in [0.29, 0.717) is 30.9 Å². The van der Waals surface area contributed by atoms with Crippen LogP contribution in [-0.2, 0) is 4.79 Å². The molecule has 0 bridgehead atoms. The number of carbonyl (C=O) groups is 2. The van der Waals surface area contributed by atoms with E-state index in [-0.39, 0.29) is 17.7 Å². The van der Waals surface area contributed by atoms with Gasteiger partial charge in [0.25, 0.3) is 5.91 Å². The summed E-state index contributed by atoms with van der Waals surface area (Å²) in [4.78, 5) is 31.3. The van der Waals surface area contributed by atoms with Gasteiger partial charge in [0.15, 0.2) is 0 Å². The fourth-order valence-corrected chi connectivity index (χ4v) is 3.61. The standard InChI is InChI=1S/C18H25N5O2/c19-12-16-11-15(13-21-16)18(25)23-9-7-22(8-10-23)6-5-20-17(24)14-3-1-2-4-14/h11,13-14,21H,1-10H2,(H,20,24). The lowest BCUT2D eigenvalue weighted by molar-refractivity contribution is -0.124. The second-order valence-corrected chi connectivity index (χ2v) is 6.82. The largest absolute Gasteiger partial charge is 0.355 e. The van der Waals surface area contributed by atoms with Crippen LogP contribution in [0.2, 0.25) is 0 Å². The summed E-state index contributed by atoms with van der Waals surface area (Å²) in [5, 5.41) is 11.9. The summed E-state index contributed by atoms with van der Waals surface area (Å²) >= 11 is 0. The molecule has 0 unspecified atom stereocenters. The number of aromatic nitrogens is 1. The molecule has 1 saturated carbocycles. The highest BCUT2D eigenvalue weighted by molar-refractivity contribution is 5.94. The first kappa shape index (κ1) is 17.5. The molecule has 2 fully saturated rings. The van der Waals surface area contributed by atoms with Crippen molar-refractivity contribution in [1.29, 1.82) is 5.26 Å². The third kappa shape index (κ3) is 4.40. The van der Waals surface area contributed by atoms with Gasteiger partial charge in [0.05, 0.1) is 5.56 Å². The van der Waals surface area contributed by atoms with Crippen molar-refractivity contribution in [1.82, 2.24) is 20.1 Å². The first-order valence-corrected chi connectivity index (χ1v) is 9.05. The maximum absolute atomic E-state index is 12.4. The van der Waals surface area contributed by atoms with Crippen LogP contribution < -0.4 is 5.32 Å². The molecule has 2 N–H and O–H groups in total. The maximum Gasteiger partial charge on any atom is 0.255 e. The molecule has 3 rings (SSSR count). The van der Waals surface area contributed by atoms with Crippen LogP contribution in [0.5, 0.6) is 0 Å². The quantitative estimate of drug-likeness (QED) is 0.833. The summed E-state index contributed by atoms with van der Waals surface area (Å²) in [6, 6.07) is 3.59. The molecule has 2 aliphatic rings. The van der Waals surface area contributed by atoms with Gasteiger partial charge in [0.2, 0.25) is 5.91 Å². The number of piperazine rings is 1. The van der Waals surface area contributed by atoms with Gasteiger partial charge in [-0.05, 0) is 18.9 Å². The second-order valence-electron chi connectivity index (χ2n) is 6.82. The Morgan fingerprint density at radius 3 is 2.60 bits per heavy atom. The number of nitriles is 1. The fourth-order valence-electron chi connectivity index (χ4n) is 3.61. The van der Waals surface area contributed by atoms with E-state index in [1.165, 1.54) is 12.8 Å². The zero-order valence-corrected chi connectivity index (χ0v) is 14.5. The molecule has 0 aromatic carbocycles. The van der Waals surface area contributed by atoms with Crippen LogP contribution in [-0.4, -0.2) is 65.9 Å². The molecule has 1 aliphatic carbocycles. The van der Waals surface area contributed by atoms with E-state index in [4.69, 9.17) is 5.26 Å². The molecular formula is C18H25N5O2. The highest BCUT2D eigenvalue weighted by Gasteiger charge is 2.24. The molecule has 2 amide bonds. The van der Waals surface area contributed by atoms with Gasteiger partial charge in [0.1, 0.15) is 11.8 Å². The number of hydrogen-bond donors (Lipinski definition) is 2. The Hall–Kier alpha value is -2.33. The molecule has 1 aromatic heterocycles. The van der Waals surface area contributed by atoms with Gasteiger partial charge in [-0.2, -0.15) is 5.26 Å². The van der Waals surface area contributed by atoms with E-state index in [9.17, 15) is 9.59 Å². The molecule has 0 spiro atoms. The van der Waals surface area contributed by atoms with Gasteiger partial charge in [-0.3, -0.25) is 14.5 Å². The fraction of sp³-hybridized carbons (Fsp3) is 0.611. The smallest absolute Gasteiger partial charge is 0.255 e. The summed E-state index contributed by atoms with van der Waals surface area (Å²) in [6.07, 6.45) is 5.99. The van der Waals surface area contributed by atoms with Gasteiger partial charge in [-0.15, -0.1) is 0 Å². The molecule has 134 valence electrons. The van der Waals surface area contributed by atoms with Gasteiger partial charge >= 0.3 is 0 Å². The zero-order chi connectivity index (χ0) is 17.6. The molecular weight excluding hydrogens is 318 g/mol. The minimum atomic E-state index is -0.0352. The third-order valence-corrected chi connectivity index (χ3v) is 5.16. The van der Waals surface area contributed by atoms with Crippen molar-refractivity contribution in [3.63, 3.8) is 0 Å². The molecule has 0 radical (unpaired) electrons. The molecule has 1 aliphatic heterocycles. The number of nitrogens with one attached hydrogen (secondary N) is 2. The third-order valence-electron chi connectivity index (χ3n) is 5.16. The maximum atomic E-state index is 12.4. The second kappa shape index (κ2) is 8.17. The Morgan fingerprint density at radius 2 is 1.96 bits per heavy atom. The SMILES string of the molecule is N#Cc1cc(C(=O)N2CCN(CCNC(=O)C3CCCC3)CC2)c[nH]1. The highest BCUT2D eigenvalue weighted by Crippen LogP contribution is 2.24. The molecule has 25 heavy (non-hydrogen) atoms. The number of H-pyrrole nitrogens is 1. The van der Waals surface area contributed by atoms with Crippen LogP contribution in [0.1, 0.15) is 41.7 Å². The molecule has 7 heteroatoms. The summed E-state index contributed by atoms with van der Waals surface area (Å²) in [5.74, 6) is 0.383. The lowest BCUT2D eigenvalue weighted by Crippen LogP contribution is -2.50. The van der Waals surface area contributed by atoms with Crippen molar-refractivity contribution in [3.05, 3.63) is 23.5 Å². The monoisotopic (exact) mass is 343 g/mol. The van der Waals surface area contributed by atoms with Crippen molar-refractivity contribution in [2.75, 3.05) is 39.3 Å². The Morgan fingerprint density at radius 1 is 1.24 bits per heavy atom. The van der Waals surface area contributed by atoms with Crippen molar-refractivity contribution in [2.24, 2.45) is 5.92 Å². The number of amides is 2. The lowest BCUT2D eigenvalue weighted by Gasteiger charge is -2.34. The predicted octanol–water partition coefficient (Wildman–Crippen LogP) is 0.951. The van der Waals surface area contributed by atoms with Crippen LogP contribution in [0.15, 0.2) is 12.3 Å². The van der Waals surface area contributed by atoms with Gasteiger partial charge in [-0.1, -0.05) is 12.8 Å². The first-order valence-electron chi connectivity index (χ1n) is 9.05. The Bertz CT molecular complexity index is 649. The van der Waals surface area contributed by atoms with Crippen molar-refractivity contribution in [3.8, 4) is 6.07 Å². The Balaban J connectivity index is 1.37. The van der Waals surface area contributed by atoms with E-state index >= 15 is 0 Å². The van der Waals surface area contributed by atoms with Crippen LogP contribution in [0, 0.1) is 17.2 Å². The average molecular weight is 343 g/mol. The Labute approximate surface area is 148 Å². The van der Waals surface area contributed by atoms with Crippen molar-refractivity contribution in [2.45, 2.75) is 25.7 Å². The van der Waals surface area contributed by atoms with Crippen LogP contribution >= 0.6 is 0 Å². The van der Waals surface area contributed by atoms with Crippen molar-refractivity contribution >= 4 is 11.8 Å². The van der Waals surface area contributed by atoms with Crippen LogP contribution in [0.25, 0.3) is 0 Å². The molecule has 1 saturated heterocycles. The summed E-state index contributed by atoms with van der Waals surface area (Å²) in [5.41, 5.74) is 0.939. The first-order chi connectivity index (χ1) is 12.2. The summed E-state index contributed by atoms with van der Waals surface area (Å²) < 4.78 is 0. The Kier molecular flexibility index (Phi) is 5.71. The number of hydrogen-bond acceptors (Lipinski definition) is 4. The van der Waals surface area contributed by atoms with E-state index in [0.717, 1.165) is 32.5 Å².